The summed E-state index contributed by atoms with van der Waals surface area (Å²) in [6.45, 7) is 8.27. The lowest BCUT2D eigenvalue weighted by Gasteiger charge is -2.51. The van der Waals surface area contributed by atoms with Crippen LogP contribution >= 0.6 is 0 Å². The number of hydrogen-bond acceptors (Lipinski definition) is 2. The fourth-order valence-corrected chi connectivity index (χ4v) is 3.35. The zero-order chi connectivity index (χ0) is 13.4. The molecule has 106 valence electrons. The van der Waals surface area contributed by atoms with Crippen LogP contribution in [0.25, 0.3) is 0 Å². The van der Waals surface area contributed by atoms with Gasteiger partial charge in [0.25, 0.3) is 0 Å². The smallest absolute Gasteiger partial charge is 0.303 e. The second kappa shape index (κ2) is 7.78. The molecule has 0 saturated carbocycles. The number of carboxylic acid groups (broad SMARTS) is 1. The molecule has 0 aromatic carbocycles. The van der Waals surface area contributed by atoms with Crippen molar-refractivity contribution >= 4 is 5.97 Å². The molecule has 0 atom stereocenters. The van der Waals surface area contributed by atoms with Gasteiger partial charge in [-0.25, -0.2) is 0 Å². The van der Waals surface area contributed by atoms with Gasteiger partial charge >= 0.3 is 5.97 Å². The quantitative estimate of drug-likeness (QED) is 0.607. The molecular weight excluding hydrogens is 226 g/mol. The number of nitrogens with zero attached hydrogens (tertiary/aromatic N) is 1. The zero-order valence-electron chi connectivity index (χ0n) is 12.1. The van der Waals surface area contributed by atoms with E-state index in [1.54, 1.807) is 0 Å². The summed E-state index contributed by atoms with van der Waals surface area (Å²) >= 11 is 0. The summed E-state index contributed by atoms with van der Waals surface area (Å²) in [4.78, 5) is 12.9. The molecule has 1 fully saturated rings. The highest BCUT2D eigenvalue weighted by molar-refractivity contribution is 5.66. The maximum atomic E-state index is 10.4. The fourth-order valence-electron chi connectivity index (χ4n) is 3.35. The maximum Gasteiger partial charge on any atom is 0.303 e. The van der Waals surface area contributed by atoms with Crippen molar-refractivity contribution in [3.63, 3.8) is 0 Å². The first-order valence-electron chi connectivity index (χ1n) is 7.56. The van der Waals surface area contributed by atoms with E-state index in [2.05, 4.69) is 18.7 Å². The standard InChI is InChI=1S/C15H29NO2/c1-3-9-15(10-4-2)12-16(13-15)11-7-5-6-8-14(17)18/h3-13H2,1-2H3,(H,17,18). The van der Waals surface area contributed by atoms with Gasteiger partial charge in [0, 0.05) is 19.5 Å². The Kier molecular flexibility index (Phi) is 6.69. The number of carboxylic acids is 1. The summed E-state index contributed by atoms with van der Waals surface area (Å²) in [6, 6.07) is 0. The lowest BCUT2D eigenvalue weighted by atomic mass is 9.72. The molecule has 0 unspecified atom stereocenters. The molecule has 1 N–H and O–H groups in total. The molecule has 0 aromatic rings. The van der Waals surface area contributed by atoms with Crippen LogP contribution in [0.15, 0.2) is 0 Å². The molecule has 1 rings (SSSR count). The van der Waals surface area contributed by atoms with Gasteiger partial charge in [-0.2, -0.15) is 0 Å². The Bertz CT molecular complexity index is 239. The van der Waals surface area contributed by atoms with Gasteiger partial charge in [0.2, 0.25) is 0 Å². The number of aliphatic carboxylic acids is 1. The van der Waals surface area contributed by atoms with E-state index < -0.39 is 5.97 Å². The van der Waals surface area contributed by atoms with Crippen molar-refractivity contribution in [3.8, 4) is 0 Å². The van der Waals surface area contributed by atoms with E-state index in [9.17, 15) is 4.79 Å². The zero-order valence-corrected chi connectivity index (χ0v) is 12.1. The van der Waals surface area contributed by atoms with Gasteiger partial charge in [0.15, 0.2) is 0 Å². The highest BCUT2D eigenvalue weighted by atomic mass is 16.4. The van der Waals surface area contributed by atoms with E-state index in [0.29, 0.717) is 11.8 Å². The van der Waals surface area contributed by atoms with Crippen molar-refractivity contribution in [2.45, 2.75) is 65.2 Å². The summed E-state index contributed by atoms with van der Waals surface area (Å²) < 4.78 is 0. The normalized spacial score (nSPS) is 18.6. The topological polar surface area (TPSA) is 40.5 Å². The molecule has 0 aliphatic carbocycles. The maximum absolute atomic E-state index is 10.4. The molecule has 1 aliphatic rings. The first kappa shape index (κ1) is 15.5. The van der Waals surface area contributed by atoms with E-state index >= 15 is 0 Å². The highest BCUT2D eigenvalue weighted by Crippen LogP contribution is 2.39. The van der Waals surface area contributed by atoms with E-state index in [-0.39, 0.29) is 0 Å². The Hall–Kier alpha value is -0.570. The van der Waals surface area contributed by atoms with Gasteiger partial charge in [-0.05, 0) is 37.6 Å². The van der Waals surface area contributed by atoms with E-state index in [1.807, 2.05) is 0 Å². The predicted molar refractivity (Wildman–Crippen MR) is 74.8 cm³/mol. The summed E-state index contributed by atoms with van der Waals surface area (Å²) in [5, 5.41) is 8.56. The Balaban J connectivity index is 2.07. The Morgan fingerprint density at radius 1 is 1.11 bits per heavy atom. The van der Waals surface area contributed by atoms with E-state index in [0.717, 1.165) is 25.8 Å². The van der Waals surface area contributed by atoms with Crippen LogP contribution in [0.2, 0.25) is 0 Å². The van der Waals surface area contributed by atoms with Gasteiger partial charge in [-0.1, -0.05) is 33.1 Å². The molecule has 18 heavy (non-hydrogen) atoms. The highest BCUT2D eigenvalue weighted by Gasteiger charge is 2.40. The minimum Gasteiger partial charge on any atom is -0.481 e. The minimum absolute atomic E-state index is 0.329. The number of carbonyl (C=O) groups is 1. The summed E-state index contributed by atoms with van der Waals surface area (Å²) in [7, 11) is 0. The fraction of sp³-hybridized carbons (Fsp3) is 0.933. The average molecular weight is 255 g/mol. The van der Waals surface area contributed by atoms with Crippen LogP contribution in [-0.4, -0.2) is 35.6 Å². The molecule has 3 heteroatoms. The molecular formula is C15H29NO2. The van der Waals surface area contributed by atoms with Crippen molar-refractivity contribution in [3.05, 3.63) is 0 Å². The van der Waals surface area contributed by atoms with Crippen molar-refractivity contribution in [1.29, 1.82) is 0 Å². The number of hydrogen-bond donors (Lipinski definition) is 1. The van der Waals surface area contributed by atoms with Crippen LogP contribution in [0.5, 0.6) is 0 Å². The molecule has 3 nitrogen and oxygen atoms in total. The number of unbranched alkanes of at least 4 members (excludes halogenated alkanes) is 2. The van der Waals surface area contributed by atoms with Gasteiger partial charge in [-0.3, -0.25) is 4.79 Å². The second-order valence-electron chi connectivity index (χ2n) is 5.92. The van der Waals surface area contributed by atoms with E-state index in [1.165, 1.54) is 38.8 Å². The van der Waals surface area contributed by atoms with Crippen LogP contribution in [0.1, 0.15) is 65.2 Å². The summed E-state index contributed by atoms with van der Waals surface area (Å²) in [6.07, 6.45) is 8.71. The number of likely N-dealkylation sites (tertiary alicyclic amines) is 1. The van der Waals surface area contributed by atoms with Crippen LogP contribution < -0.4 is 0 Å². The molecule has 0 bridgehead atoms. The van der Waals surface area contributed by atoms with Crippen LogP contribution in [-0.2, 0) is 4.79 Å². The third kappa shape index (κ3) is 4.97. The first-order valence-corrected chi connectivity index (χ1v) is 7.56. The van der Waals surface area contributed by atoms with E-state index in [4.69, 9.17) is 5.11 Å². The minimum atomic E-state index is -0.663. The van der Waals surface area contributed by atoms with Crippen molar-refractivity contribution in [2.75, 3.05) is 19.6 Å². The molecule has 1 saturated heterocycles. The Labute approximate surface area is 112 Å². The largest absolute Gasteiger partial charge is 0.481 e. The SMILES string of the molecule is CCCC1(CCC)CN(CCCCCC(=O)O)C1. The van der Waals surface area contributed by atoms with Gasteiger partial charge < -0.3 is 10.0 Å². The van der Waals surface area contributed by atoms with Crippen LogP contribution in [0.4, 0.5) is 0 Å². The Morgan fingerprint density at radius 2 is 1.72 bits per heavy atom. The monoisotopic (exact) mass is 255 g/mol. The second-order valence-corrected chi connectivity index (χ2v) is 5.92. The van der Waals surface area contributed by atoms with Gasteiger partial charge in [0.1, 0.15) is 0 Å². The van der Waals surface area contributed by atoms with Crippen LogP contribution in [0, 0.1) is 5.41 Å². The summed E-state index contributed by atoms with van der Waals surface area (Å²) in [5.74, 6) is -0.663. The molecule has 1 heterocycles. The molecule has 0 amide bonds. The molecule has 0 radical (unpaired) electrons. The lowest BCUT2D eigenvalue weighted by Crippen LogP contribution is -2.56. The number of rotatable bonds is 10. The first-order chi connectivity index (χ1) is 8.62. The third-order valence-electron chi connectivity index (χ3n) is 4.04. The van der Waals surface area contributed by atoms with Crippen molar-refractivity contribution in [1.82, 2.24) is 4.90 Å². The van der Waals surface area contributed by atoms with Crippen molar-refractivity contribution in [2.24, 2.45) is 5.41 Å². The van der Waals surface area contributed by atoms with Crippen molar-refractivity contribution < 1.29 is 9.90 Å². The van der Waals surface area contributed by atoms with Gasteiger partial charge in [0.05, 0.1) is 0 Å². The third-order valence-corrected chi connectivity index (χ3v) is 4.04. The molecule has 1 aliphatic heterocycles. The molecule has 0 aromatic heterocycles. The average Bonchev–Trinajstić information content (AvgIpc) is 2.26. The predicted octanol–water partition coefficient (Wildman–Crippen LogP) is 3.53. The lowest BCUT2D eigenvalue weighted by molar-refractivity contribution is -0.137. The van der Waals surface area contributed by atoms with Crippen LogP contribution in [0.3, 0.4) is 0 Å². The molecule has 0 spiro atoms. The summed E-state index contributed by atoms with van der Waals surface area (Å²) in [5.41, 5.74) is 0.616. The van der Waals surface area contributed by atoms with Gasteiger partial charge in [-0.15, -0.1) is 0 Å². The Morgan fingerprint density at radius 3 is 2.22 bits per heavy atom.